The monoisotopic (exact) mass is 642 g/mol. The van der Waals surface area contributed by atoms with Crippen LogP contribution in [0.1, 0.15) is 0 Å². The Kier molecular flexibility index (Phi) is 8.55. The quantitative estimate of drug-likeness (QED) is 0.174. The van der Waals surface area contributed by atoms with Gasteiger partial charge in [0.25, 0.3) is 0 Å². The molecule has 0 saturated carbocycles. The molecule has 0 fully saturated rings. The summed E-state index contributed by atoms with van der Waals surface area (Å²) in [6.07, 6.45) is 8.96. The highest BCUT2D eigenvalue weighted by Gasteiger charge is 2.16. The molecule has 0 amide bonds. The molecular formula is C44H30N6. The summed E-state index contributed by atoms with van der Waals surface area (Å²) in [5.74, 6) is 0. The minimum absolute atomic E-state index is 0.838. The van der Waals surface area contributed by atoms with Crippen LogP contribution in [-0.2, 0) is 0 Å². The fourth-order valence-electron chi connectivity index (χ4n) is 6.02. The predicted octanol–water partition coefficient (Wildman–Crippen LogP) is 10.4. The van der Waals surface area contributed by atoms with E-state index in [4.69, 9.17) is 9.97 Å². The molecule has 0 N–H and O–H groups in total. The van der Waals surface area contributed by atoms with E-state index in [2.05, 4.69) is 86.7 Å². The van der Waals surface area contributed by atoms with Crippen molar-refractivity contribution in [1.29, 1.82) is 0 Å². The molecule has 0 spiro atoms. The van der Waals surface area contributed by atoms with Gasteiger partial charge in [-0.2, -0.15) is 0 Å². The summed E-state index contributed by atoms with van der Waals surface area (Å²) in [6.45, 7) is 0. The van der Waals surface area contributed by atoms with Crippen LogP contribution in [0.15, 0.2) is 183 Å². The van der Waals surface area contributed by atoms with E-state index in [0.29, 0.717) is 0 Å². The number of hydrogen-bond donors (Lipinski definition) is 0. The van der Waals surface area contributed by atoms with Crippen LogP contribution in [0.3, 0.4) is 0 Å². The highest BCUT2D eigenvalue weighted by molar-refractivity contribution is 6.08. The molecular weight excluding hydrogens is 613 g/mol. The van der Waals surface area contributed by atoms with Gasteiger partial charge in [-0.15, -0.1) is 0 Å². The van der Waals surface area contributed by atoms with Gasteiger partial charge < -0.3 is 0 Å². The molecule has 0 saturated heterocycles. The molecule has 0 aliphatic rings. The van der Waals surface area contributed by atoms with E-state index >= 15 is 0 Å². The number of hydrogen-bond acceptors (Lipinski definition) is 6. The molecule has 50 heavy (non-hydrogen) atoms. The van der Waals surface area contributed by atoms with Crippen molar-refractivity contribution in [3.05, 3.63) is 183 Å². The van der Waals surface area contributed by atoms with Gasteiger partial charge in [0.05, 0.1) is 39.9 Å². The molecule has 6 heteroatoms. The summed E-state index contributed by atoms with van der Waals surface area (Å²) >= 11 is 0. The second kappa shape index (κ2) is 14.1. The lowest BCUT2D eigenvalue weighted by atomic mass is 9.92. The van der Waals surface area contributed by atoms with E-state index in [1.807, 2.05) is 91.1 Å². The maximum Gasteiger partial charge on any atom is 0.0893 e. The van der Waals surface area contributed by atoms with Gasteiger partial charge in [-0.25, -0.2) is 9.97 Å². The van der Waals surface area contributed by atoms with Gasteiger partial charge in [-0.1, -0.05) is 66.7 Å². The molecule has 3 aromatic carbocycles. The van der Waals surface area contributed by atoms with Crippen LogP contribution in [0, 0.1) is 0 Å². The Balaban J connectivity index is 0.000000254. The molecule has 6 nitrogen and oxygen atoms in total. The van der Waals surface area contributed by atoms with Crippen molar-refractivity contribution in [3.8, 4) is 56.5 Å². The van der Waals surface area contributed by atoms with E-state index in [-0.39, 0.29) is 0 Å². The Morgan fingerprint density at radius 2 is 0.900 bits per heavy atom. The van der Waals surface area contributed by atoms with Gasteiger partial charge in [0.1, 0.15) is 0 Å². The van der Waals surface area contributed by atoms with Crippen molar-refractivity contribution in [2.24, 2.45) is 0 Å². The first kappa shape index (κ1) is 30.4. The summed E-state index contributed by atoms with van der Waals surface area (Å²) in [4.78, 5) is 27.4. The summed E-state index contributed by atoms with van der Waals surface area (Å²) < 4.78 is 0. The van der Waals surface area contributed by atoms with E-state index < -0.39 is 0 Å². The van der Waals surface area contributed by atoms with Crippen LogP contribution in [-0.4, -0.2) is 29.9 Å². The second-order valence-corrected chi connectivity index (χ2v) is 11.6. The molecule has 0 atom stereocenters. The van der Waals surface area contributed by atoms with Crippen LogP contribution < -0.4 is 0 Å². The van der Waals surface area contributed by atoms with E-state index in [1.165, 1.54) is 10.8 Å². The van der Waals surface area contributed by atoms with Crippen molar-refractivity contribution in [3.63, 3.8) is 0 Å². The maximum absolute atomic E-state index is 5.13. The average Bonchev–Trinajstić information content (AvgIpc) is 3.21. The average molecular weight is 643 g/mol. The zero-order valence-electron chi connectivity index (χ0n) is 27.0. The number of aromatic nitrogens is 6. The molecule has 9 aromatic rings. The van der Waals surface area contributed by atoms with E-state index in [9.17, 15) is 0 Å². The van der Waals surface area contributed by atoms with Crippen molar-refractivity contribution >= 4 is 21.5 Å². The highest BCUT2D eigenvalue weighted by Crippen LogP contribution is 2.39. The Labute approximate surface area is 289 Å². The van der Waals surface area contributed by atoms with Crippen molar-refractivity contribution in [1.82, 2.24) is 29.9 Å². The minimum atomic E-state index is 0.838. The zero-order valence-corrected chi connectivity index (χ0v) is 27.0. The third-order valence-electron chi connectivity index (χ3n) is 8.39. The highest BCUT2D eigenvalue weighted by atomic mass is 14.8. The van der Waals surface area contributed by atoms with E-state index in [0.717, 1.165) is 67.3 Å². The first-order valence-electron chi connectivity index (χ1n) is 16.3. The molecule has 6 heterocycles. The topological polar surface area (TPSA) is 77.3 Å². The predicted molar refractivity (Wildman–Crippen MR) is 202 cm³/mol. The van der Waals surface area contributed by atoms with Gasteiger partial charge in [-0.3, -0.25) is 19.9 Å². The van der Waals surface area contributed by atoms with Gasteiger partial charge in [0, 0.05) is 47.7 Å². The first-order valence-corrected chi connectivity index (χ1v) is 16.3. The number of nitrogens with zero attached hydrogens (tertiary/aromatic N) is 6. The van der Waals surface area contributed by atoms with Crippen LogP contribution in [0.4, 0.5) is 0 Å². The molecule has 9 rings (SSSR count). The summed E-state index contributed by atoms with van der Waals surface area (Å²) in [7, 11) is 0. The SMILES string of the molecule is c1ccc(-c2cccc(-c3ccc4cc5ccccc5cc4c3-c3cccc(-c4cccnc4)n3)n2)nc1.c1ccc(-c2ccccn2)nc1. The molecule has 0 radical (unpaired) electrons. The molecule has 0 aliphatic carbocycles. The standard InChI is InChI=1S/C34H22N4.C10H8N2/c1-2-9-24-21-28-25(20-23(24)8-1)16-17-27(30-13-6-14-32(38-30)31-11-3-4-19-36-31)34(28)33-15-5-12-29(37-33)26-10-7-18-35-22-26;1-3-7-11-9(5-1)10-6-2-4-8-12-10/h1-22H;1-8H. The Morgan fingerprint density at radius 1 is 0.340 bits per heavy atom. The molecule has 236 valence electrons. The van der Waals surface area contributed by atoms with Gasteiger partial charge in [0.2, 0.25) is 0 Å². The summed E-state index contributed by atoms with van der Waals surface area (Å²) in [5.41, 5.74) is 9.25. The van der Waals surface area contributed by atoms with Crippen LogP contribution in [0.25, 0.3) is 78.1 Å². The third-order valence-corrected chi connectivity index (χ3v) is 8.39. The fraction of sp³-hybridized carbons (Fsp3) is 0. The molecule has 0 bridgehead atoms. The normalized spacial score (nSPS) is 10.8. The van der Waals surface area contributed by atoms with E-state index in [1.54, 1.807) is 24.8 Å². The van der Waals surface area contributed by atoms with Crippen LogP contribution >= 0.6 is 0 Å². The van der Waals surface area contributed by atoms with Crippen molar-refractivity contribution < 1.29 is 0 Å². The lowest BCUT2D eigenvalue weighted by Crippen LogP contribution is -1.95. The Hall–Kier alpha value is -6.92. The Morgan fingerprint density at radius 3 is 1.54 bits per heavy atom. The molecule has 0 unspecified atom stereocenters. The number of benzene rings is 3. The summed E-state index contributed by atoms with van der Waals surface area (Å²) in [6, 6.07) is 51.1. The fourth-order valence-corrected chi connectivity index (χ4v) is 6.02. The van der Waals surface area contributed by atoms with Crippen molar-refractivity contribution in [2.75, 3.05) is 0 Å². The van der Waals surface area contributed by atoms with Crippen LogP contribution in [0.2, 0.25) is 0 Å². The van der Waals surface area contributed by atoms with Gasteiger partial charge in [-0.05, 0) is 106 Å². The number of pyridine rings is 6. The zero-order chi connectivity index (χ0) is 33.5. The first-order chi connectivity index (χ1) is 24.8. The maximum atomic E-state index is 5.13. The van der Waals surface area contributed by atoms with Gasteiger partial charge in [0.15, 0.2) is 0 Å². The van der Waals surface area contributed by atoms with Crippen LogP contribution in [0.5, 0.6) is 0 Å². The smallest absolute Gasteiger partial charge is 0.0893 e. The third kappa shape index (κ3) is 6.46. The number of rotatable bonds is 5. The number of fused-ring (bicyclic) bond motifs is 2. The minimum Gasteiger partial charge on any atom is -0.264 e. The second-order valence-electron chi connectivity index (χ2n) is 11.6. The molecule has 6 aromatic heterocycles. The van der Waals surface area contributed by atoms with Gasteiger partial charge >= 0.3 is 0 Å². The lowest BCUT2D eigenvalue weighted by molar-refractivity contribution is 1.25. The van der Waals surface area contributed by atoms with Crippen molar-refractivity contribution in [2.45, 2.75) is 0 Å². The Bertz CT molecular complexity index is 2490. The largest absolute Gasteiger partial charge is 0.264 e. The summed E-state index contributed by atoms with van der Waals surface area (Å²) in [5, 5.41) is 4.71. The lowest BCUT2D eigenvalue weighted by Gasteiger charge is -2.15. The molecule has 0 aliphatic heterocycles.